The SMILES string of the molecule is c1ccc(CCN2CCO[C@H](c3ccc(-c4cncnc4)cn3)C2)cc1. The third-order valence-electron chi connectivity index (χ3n) is 4.72. The minimum Gasteiger partial charge on any atom is -0.369 e. The lowest BCUT2D eigenvalue weighted by Crippen LogP contribution is -2.39. The Bertz CT molecular complexity index is 808. The van der Waals surface area contributed by atoms with Crippen molar-refractivity contribution in [3.8, 4) is 11.1 Å². The lowest BCUT2D eigenvalue weighted by Gasteiger charge is -2.32. The molecule has 0 bridgehead atoms. The molecule has 0 unspecified atom stereocenters. The predicted octanol–water partition coefficient (Wildman–Crippen LogP) is 3.15. The van der Waals surface area contributed by atoms with E-state index in [-0.39, 0.29) is 6.10 Å². The highest BCUT2D eigenvalue weighted by molar-refractivity contribution is 5.60. The molecule has 0 radical (unpaired) electrons. The van der Waals surface area contributed by atoms with Crippen LogP contribution in [0.25, 0.3) is 11.1 Å². The molecule has 3 aromatic rings. The summed E-state index contributed by atoms with van der Waals surface area (Å²) in [6, 6.07) is 14.7. The molecular weight excluding hydrogens is 324 g/mol. The Balaban J connectivity index is 1.38. The summed E-state index contributed by atoms with van der Waals surface area (Å²) in [5, 5.41) is 0. The van der Waals surface area contributed by atoms with Gasteiger partial charge in [-0.1, -0.05) is 36.4 Å². The highest BCUT2D eigenvalue weighted by Gasteiger charge is 2.22. The predicted molar refractivity (Wildman–Crippen MR) is 101 cm³/mol. The topological polar surface area (TPSA) is 51.1 Å². The van der Waals surface area contributed by atoms with Crippen molar-refractivity contribution in [2.75, 3.05) is 26.2 Å². The summed E-state index contributed by atoms with van der Waals surface area (Å²) >= 11 is 0. The van der Waals surface area contributed by atoms with Gasteiger partial charge in [0.2, 0.25) is 0 Å². The van der Waals surface area contributed by atoms with Gasteiger partial charge in [-0.25, -0.2) is 9.97 Å². The highest BCUT2D eigenvalue weighted by atomic mass is 16.5. The van der Waals surface area contributed by atoms with Gasteiger partial charge >= 0.3 is 0 Å². The fourth-order valence-corrected chi connectivity index (χ4v) is 3.23. The monoisotopic (exact) mass is 346 g/mol. The van der Waals surface area contributed by atoms with Crippen LogP contribution in [-0.4, -0.2) is 46.1 Å². The summed E-state index contributed by atoms with van der Waals surface area (Å²) in [7, 11) is 0. The normalized spacial score (nSPS) is 17.9. The molecule has 1 saturated heterocycles. The molecule has 132 valence electrons. The Hall–Kier alpha value is -2.63. The molecule has 1 aromatic carbocycles. The maximum absolute atomic E-state index is 5.96. The van der Waals surface area contributed by atoms with E-state index in [4.69, 9.17) is 4.74 Å². The molecule has 3 heterocycles. The van der Waals surface area contributed by atoms with Gasteiger partial charge in [-0.15, -0.1) is 0 Å². The number of benzene rings is 1. The summed E-state index contributed by atoms with van der Waals surface area (Å²) in [6.45, 7) is 3.65. The lowest BCUT2D eigenvalue weighted by atomic mass is 10.1. The van der Waals surface area contributed by atoms with Gasteiger partial charge in [0.15, 0.2) is 0 Å². The van der Waals surface area contributed by atoms with E-state index in [1.807, 2.05) is 12.3 Å². The zero-order valence-corrected chi connectivity index (χ0v) is 14.7. The second-order valence-electron chi connectivity index (χ2n) is 6.49. The van der Waals surface area contributed by atoms with Crippen LogP contribution in [0.5, 0.6) is 0 Å². The highest BCUT2D eigenvalue weighted by Crippen LogP contribution is 2.23. The van der Waals surface area contributed by atoms with E-state index in [1.165, 1.54) is 11.9 Å². The Morgan fingerprint density at radius 2 is 1.81 bits per heavy atom. The third-order valence-corrected chi connectivity index (χ3v) is 4.72. The zero-order chi connectivity index (χ0) is 17.6. The maximum atomic E-state index is 5.96. The van der Waals surface area contributed by atoms with Gasteiger partial charge in [-0.05, 0) is 18.1 Å². The van der Waals surface area contributed by atoms with Gasteiger partial charge in [0.1, 0.15) is 12.4 Å². The Labute approximate surface area is 153 Å². The number of pyridine rings is 1. The van der Waals surface area contributed by atoms with Crippen molar-refractivity contribution in [1.29, 1.82) is 0 Å². The number of ether oxygens (including phenoxy) is 1. The number of morpholine rings is 1. The maximum Gasteiger partial charge on any atom is 0.115 e. The molecule has 1 fully saturated rings. The Kier molecular flexibility index (Phi) is 5.28. The van der Waals surface area contributed by atoms with Crippen molar-refractivity contribution in [2.24, 2.45) is 0 Å². The van der Waals surface area contributed by atoms with Crippen molar-refractivity contribution >= 4 is 0 Å². The van der Waals surface area contributed by atoms with Crippen LogP contribution in [0.1, 0.15) is 17.4 Å². The fourth-order valence-electron chi connectivity index (χ4n) is 3.23. The average molecular weight is 346 g/mol. The molecule has 0 spiro atoms. The Morgan fingerprint density at radius 3 is 2.58 bits per heavy atom. The molecule has 0 N–H and O–H groups in total. The van der Waals surface area contributed by atoms with Crippen molar-refractivity contribution in [3.05, 3.63) is 78.6 Å². The van der Waals surface area contributed by atoms with E-state index in [0.717, 1.165) is 49.5 Å². The number of nitrogens with zero attached hydrogens (tertiary/aromatic N) is 4. The van der Waals surface area contributed by atoms with Crippen LogP contribution in [0.3, 0.4) is 0 Å². The van der Waals surface area contributed by atoms with E-state index in [0.29, 0.717) is 0 Å². The van der Waals surface area contributed by atoms with E-state index in [2.05, 4.69) is 56.3 Å². The average Bonchev–Trinajstić information content (AvgIpc) is 2.74. The van der Waals surface area contributed by atoms with Crippen molar-refractivity contribution in [1.82, 2.24) is 19.9 Å². The van der Waals surface area contributed by atoms with Crippen LogP contribution in [-0.2, 0) is 11.2 Å². The van der Waals surface area contributed by atoms with Crippen LogP contribution >= 0.6 is 0 Å². The quantitative estimate of drug-likeness (QED) is 0.710. The van der Waals surface area contributed by atoms with Crippen LogP contribution in [0.4, 0.5) is 0 Å². The summed E-state index contributed by atoms with van der Waals surface area (Å²) < 4.78 is 5.96. The summed E-state index contributed by atoms with van der Waals surface area (Å²) in [6.07, 6.45) is 8.10. The molecule has 5 nitrogen and oxygen atoms in total. The molecule has 0 saturated carbocycles. The summed E-state index contributed by atoms with van der Waals surface area (Å²) in [4.78, 5) is 15.2. The molecule has 4 rings (SSSR count). The largest absolute Gasteiger partial charge is 0.369 e. The zero-order valence-electron chi connectivity index (χ0n) is 14.7. The van der Waals surface area contributed by atoms with E-state index in [9.17, 15) is 0 Å². The van der Waals surface area contributed by atoms with E-state index < -0.39 is 0 Å². The molecular formula is C21H22N4O. The van der Waals surface area contributed by atoms with Crippen molar-refractivity contribution < 1.29 is 4.74 Å². The minimum absolute atomic E-state index is 0.0283. The van der Waals surface area contributed by atoms with E-state index in [1.54, 1.807) is 12.4 Å². The van der Waals surface area contributed by atoms with Gasteiger partial charge in [-0.3, -0.25) is 9.88 Å². The van der Waals surface area contributed by atoms with Crippen LogP contribution in [0.15, 0.2) is 67.4 Å². The molecule has 0 aliphatic carbocycles. The fraction of sp³-hybridized carbons (Fsp3) is 0.286. The van der Waals surface area contributed by atoms with Crippen molar-refractivity contribution in [3.63, 3.8) is 0 Å². The second kappa shape index (κ2) is 8.17. The van der Waals surface area contributed by atoms with Gasteiger partial charge in [-0.2, -0.15) is 0 Å². The van der Waals surface area contributed by atoms with Gasteiger partial charge in [0.25, 0.3) is 0 Å². The smallest absolute Gasteiger partial charge is 0.115 e. The standard InChI is InChI=1S/C21H22N4O/c1-2-4-17(5-3-1)8-9-25-10-11-26-21(15-25)20-7-6-18(14-24-20)19-12-22-16-23-13-19/h1-7,12-14,16,21H,8-11,15H2/t21-/m0/s1. The van der Waals surface area contributed by atoms with E-state index >= 15 is 0 Å². The molecule has 1 aliphatic heterocycles. The minimum atomic E-state index is 0.0283. The third kappa shape index (κ3) is 4.12. The number of hydrogen-bond donors (Lipinski definition) is 0. The lowest BCUT2D eigenvalue weighted by molar-refractivity contribution is -0.0316. The second-order valence-corrected chi connectivity index (χ2v) is 6.49. The van der Waals surface area contributed by atoms with Crippen LogP contribution < -0.4 is 0 Å². The van der Waals surface area contributed by atoms with Gasteiger partial charge in [0.05, 0.1) is 12.3 Å². The molecule has 1 atom stereocenters. The number of rotatable bonds is 5. The van der Waals surface area contributed by atoms with Gasteiger partial charge < -0.3 is 4.74 Å². The first kappa shape index (κ1) is 16.8. The molecule has 0 amide bonds. The molecule has 26 heavy (non-hydrogen) atoms. The van der Waals surface area contributed by atoms with Crippen LogP contribution in [0, 0.1) is 0 Å². The Morgan fingerprint density at radius 1 is 0.962 bits per heavy atom. The van der Waals surface area contributed by atoms with Gasteiger partial charge in [0, 0.05) is 49.4 Å². The molecule has 1 aliphatic rings. The number of hydrogen-bond acceptors (Lipinski definition) is 5. The molecule has 2 aromatic heterocycles. The number of aromatic nitrogens is 3. The van der Waals surface area contributed by atoms with Crippen molar-refractivity contribution in [2.45, 2.75) is 12.5 Å². The van der Waals surface area contributed by atoms with Crippen LogP contribution in [0.2, 0.25) is 0 Å². The summed E-state index contributed by atoms with van der Waals surface area (Å²) in [5.41, 5.74) is 4.35. The summed E-state index contributed by atoms with van der Waals surface area (Å²) in [5.74, 6) is 0. The first-order valence-corrected chi connectivity index (χ1v) is 8.98. The molecule has 5 heteroatoms. The first-order valence-electron chi connectivity index (χ1n) is 8.98. The first-order chi connectivity index (χ1) is 12.9.